The fourth-order valence-electron chi connectivity index (χ4n) is 2.96. The van der Waals surface area contributed by atoms with Crippen molar-refractivity contribution in [2.75, 3.05) is 5.32 Å². The lowest BCUT2D eigenvalue weighted by Gasteiger charge is -2.34. The first-order valence-corrected chi connectivity index (χ1v) is 7.53. The van der Waals surface area contributed by atoms with Gasteiger partial charge in [-0.05, 0) is 29.7 Å². The number of halogens is 1. The van der Waals surface area contributed by atoms with Crippen molar-refractivity contribution in [1.82, 2.24) is 0 Å². The maximum atomic E-state index is 13.0. The molecule has 3 heteroatoms. The number of carbonyl (C=O) groups excluding carboxylic acids is 1. The van der Waals surface area contributed by atoms with Gasteiger partial charge in [0.25, 0.3) is 0 Å². The largest absolute Gasteiger partial charge is 0.368 e. The van der Waals surface area contributed by atoms with Gasteiger partial charge in [-0.25, -0.2) is 0 Å². The monoisotopic (exact) mass is 329 g/mol. The molecule has 1 N–H and O–H groups in total. The standard InChI is InChI=1S/C17H16BrNO/c1-11(2)17(13-8-4-5-9-14(13)18)16(20)12-7-3-6-10-15(12)19-17/h3-11,19H,1-2H3. The van der Waals surface area contributed by atoms with E-state index in [0.717, 1.165) is 21.3 Å². The Bertz CT molecular complexity index is 680. The minimum absolute atomic E-state index is 0.140. The van der Waals surface area contributed by atoms with Crippen molar-refractivity contribution >= 4 is 27.4 Å². The second kappa shape index (κ2) is 4.74. The number of anilines is 1. The van der Waals surface area contributed by atoms with Crippen molar-refractivity contribution in [3.8, 4) is 0 Å². The topological polar surface area (TPSA) is 29.1 Å². The molecule has 102 valence electrons. The minimum atomic E-state index is -0.691. The van der Waals surface area contributed by atoms with Crippen LogP contribution in [-0.4, -0.2) is 5.78 Å². The number of Topliss-reactive ketones (excluding diaryl/α,β-unsaturated/α-hetero) is 1. The molecule has 0 spiro atoms. The zero-order valence-electron chi connectivity index (χ0n) is 11.5. The maximum absolute atomic E-state index is 13.0. The first-order valence-electron chi connectivity index (χ1n) is 6.74. The van der Waals surface area contributed by atoms with Gasteiger partial charge in [0.1, 0.15) is 5.54 Å². The molecule has 2 aromatic carbocycles. The van der Waals surface area contributed by atoms with Crippen LogP contribution in [0.25, 0.3) is 0 Å². The summed E-state index contributed by atoms with van der Waals surface area (Å²) in [5, 5.41) is 3.47. The van der Waals surface area contributed by atoms with Crippen molar-refractivity contribution in [3.05, 3.63) is 64.1 Å². The first-order chi connectivity index (χ1) is 9.57. The van der Waals surface area contributed by atoms with Crippen LogP contribution in [0.1, 0.15) is 29.8 Å². The molecular formula is C17H16BrNO. The molecule has 0 radical (unpaired) electrons. The lowest BCUT2D eigenvalue weighted by Crippen LogP contribution is -2.44. The van der Waals surface area contributed by atoms with E-state index in [1.165, 1.54) is 0 Å². The number of hydrogen-bond acceptors (Lipinski definition) is 2. The fourth-order valence-corrected chi connectivity index (χ4v) is 3.56. The number of nitrogens with one attached hydrogen (secondary N) is 1. The Labute approximate surface area is 127 Å². The lowest BCUT2D eigenvalue weighted by atomic mass is 9.77. The van der Waals surface area contributed by atoms with E-state index in [-0.39, 0.29) is 11.7 Å². The molecule has 0 amide bonds. The van der Waals surface area contributed by atoms with Crippen molar-refractivity contribution in [3.63, 3.8) is 0 Å². The van der Waals surface area contributed by atoms with Crippen LogP contribution in [0, 0.1) is 5.92 Å². The highest BCUT2D eigenvalue weighted by Crippen LogP contribution is 2.45. The van der Waals surface area contributed by atoms with Gasteiger partial charge in [0, 0.05) is 15.7 Å². The average molecular weight is 330 g/mol. The first kappa shape index (κ1) is 13.4. The van der Waals surface area contributed by atoms with E-state index in [2.05, 4.69) is 35.1 Å². The highest BCUT2D eigenvalue weighted by Gasteiger charge is 2.49. The Hall–Kier alpha value is -1.61. The molecule has 0 aliphatic carbocycles. The second-order valence-corrected chi connectivity index (χ2v) is 6.30. The fraction of sp³-hybridized carbons (Fsp3) is 0.235. The molecule has 20 heavy (non-hydrogen) atoms. The van der Waals surface area contributed by atoms with Crippen LogP contribution in [0.4, 0.5) is 5.69 Å². The highest BCUT2D eigenvalue weighted by molar-refractivity contribution is 9.10. The second-order valence-electron chi connectivity index (χ2n) is 5.44. The Morgan fingerprint density at radius 3 is 2.35 bits per heavy atom. The molecule has 1 heterocycles. The summed E-state index contributed by atoms with van der Waals surface area (Å²) in [5.41, 5.74) is 2.00. The summed E-state index contributed by atoms with van der Waals surface area (Å²) >= 11 is 3.59. The molecule has 1 aliphatic heterocycles. The maximum Gasteiger partial charge on any atom is 0.195 e. The molecule has 2 nitrogen and oxygen atoms in total. The number of hydrogen-bond donors (Lipinski definition) is 1. The zero-order chi connectivity index (χ0) is 14.3. The van der Waals surface area contributed by atoms with Gasteiger partial charge >= 0.3 is 0 Å². The average Bonchev–Trinajstić information content (AvgIpc) is 2.74. The summed E-state index contributed by atoms with van der Waals surface area (Å²) in [5.74, 6) is 0.288. The van der Waals surface area contributed by atoms with Gasteiger partial charge in [-0.15, -0.1) is 0 Å². The van der Waals surface area contributed by atoms with Crippen LogP contribution in [0.15, 0.2) is 53.0 Å². The van der Waals surface area contributed by atoms with Gasteiger partial charge in [0.15, 0.2) is 5.78 Å². The Morgan fingerprint density at radius 1 is 1.05 bits per heavy atom. The molecule has 3 rings (SSSR count). The van der Waals surface area contributed by atoms with Gasteiger partial charge in [-0.1, -0.05) is 60.1 Å². The Kier molecular flexibility index (Phi) is 3.17. The summed E-state index contributed by atoms with van der Waals surface area (Å²) in [6.07, 6.45) is 0. The summed E-state index contributed by atoms with van der Waals surface area (Å²) in [6.45, 7) is 4.16. The summed E-state index contributed by atoms with van der Waals surface area (Å²) < 4.78 is 0.961. The zero-order valence-corrected chi connectivity index (χ0v) is 13.1. The SMILES string of the molecule is CC(C)C1(c2ccccc2Br)Nc2ccccc2C1=O. The van der Waals surface area contributed by atoms with Crippen LogP contribution in [-0.2, 0) is 5.54 Å². The van der Waals surface area contributed by atoms with Crippen molar-refractivity contribution in [2.45, 2.75) is 19.4 Å². The van der Waals surface area contributed by atoms with E-state index in [1.807, 2.05) is 48.5 Å². The van der Waals surface area contributed by atoms with E-state index >= 15 is 0 Å². The Morgan fingerprint density at radius 2 is 1.70 bits per heavy atom. The van der Waals surface area contributed by atoms with Gasteiger partial charge in [0.05, 0.1) is 0 Å². The van der Waals surface area contributed by atoms with E-state index in [4.69, 9.17) is 0 Å². The molecule has 1 atom stereocenters. The van der Waals surface area contributed by atoms with E-state index in [1.54, 1.807) is 0 Å². The van der Waals surface area contributed by atoms with Crippen LogP contribution in [0.5, 0.6) is 0 Å². The molecule has 0 aromatic heterocycles. The smallest absolute Gasteiger partial charge is 0.195 e. The predicted molar refractivity (Wildman–Crippen MR) is 85.1 cm³/mol. The van der Waals surface area contributed by atoms with Crippen molar-refractivity contribution in [1.29, 1.82) is 0 Å². The number of carbonyl (C=O) groups is 1. The highest BCUT2D eigenvalue weighted by atomic mass is 79.9. The van der Waals surface area contributed by atoms with Crippen LogP contribution in [0.3, 0.4) is 0 Å². The van der Waals surface area contributed by atoms with Gasteiger partial charge in [-0.2, -0.15) is 0 Å². The molecule has 1 unspecified atom stereocenters. The lowest BCUT2D eigenvalue weighted by molar-refractivity contribution is 0.0879. The minimum Gasteiger partial charge on any atom is -0.368 e. The molecule has 0 saturated heterocycles. The van der Waals surface area contributed by atoms with E-state index < -0.39 is 5.54 Å². The quantitative estimate of drug-likeness (QED) is 0.871. The predicted octanol–water partition coefficient (Wildman–Crippen LogP) is 4.61. The number of fused-ring (bicyclic) bond motifs is 1. The van der Waals surface area contributed by atoms with Crippen LogP contribution in [0.2, 0.25) is 0 Å². The van der Waals surface area contributed by atoms with E-state index in [9.17, 15) is 4.79 Å². The molecule has 1 aliphatic rings. The molecule has 0 bridgehead atoms. The third-order valence-electron chi connectivity index (χ3n) is 4.03. The summed E-state index contributed by atoms with van der Waals surface area (Å²) in [4.78, 5) is 13.0. The normalized spacial score (nSPS) is 20.9. The van der Waals surface area contributed by atoms with Gasteiger partial charge < -0.3 is 5.32 Å². The molecule has 0 saturated carbocycles. The van der Waals surface area contributed by atoms with Gasteiger partial charge in [0.2, 0.25) is 0 Å². The van der Waals surface area contributed by atoms with Crippen LogP contribution < -0.4 is 5.32 Å². The number of rotatable bonds is 2. The van der Waals surface area contributed by atoms with E-state index in [0.29, 0.717) is 0 Å². The summed E-state index contributed by atoms with van der Waals surface area (Å²) in [6, 6.07) is 15.7. The molecule has 0 fully saturated rings. The molecular weight excluding hydrogens is 314 g/mol. The van der Waals surface area contributed by atoms with Crippen LogP contribution >= 0.6 is 15.9 Å². The van der Waals surface area contributed by atoms with Crippen molar-refractivity contribution < 1.29 is 4.79 Å². The Balaban J connectivity index is 2.23. The third kappa shape index (κ3) is 1.73. The van der Waals surface area contributed by atoms with Crippen molar-refractivity contribution in [2.24, 2.45) is 5.92 Å². The summed E-state index contributed by atoms with van der Waals surface area (Å²) in [7, 11) is 0. The number of ketones is 1. The van der Waals surface area contributed by atoms with Gasteiger partial charge in [-0.3, -0.25) is 4.79 Å². The number of para-hydroxylation sites is 1. The number of benzene rings is 2. The third-order valence-corrected chi connectivity index (χ3v) is 4.72. The molecule has 2 aromatic rings.